The van der Waals surface area contributed by atoms with Crippen molar-refractivity contribution in [2.45, 2.75) is 39.2 Å². The van der Waals surface area contributed by atoms with E-state index in [9.17, 15) is 4.79 Å². The second-order valence-electron chi connectivity index (χ2n) is 4.21. The minimum absolute atomic E-state index is 0.0775. The zero-order chi connectivity index (χ0) is 8.77. The molecule has 12 heavy (non-hydrogen) atoms. The molecule has 0 spiro atoms. The molecule has 3 saturated heterocycles. The van der Waals surface area contributed by atoms with Crippen LogP contribution in [0.2, 0.25) is 0 Å². The Hall–Kier alpha value is -0.370. The number of nitrogens with zero attached hydrogens (tertiary/aromatic N) is 1. The summed E-state index contributed by atoms with van der Waals surface area (Å²) in [6.07, 6.45) is 3.25. The second kappa shape index (κ2) is 2.56. The van der Waals surface area contributed by atoms with Gasteiger partial charge in [0.05, 0.1) is 6.04 Å². The Morgan fingerprint density at radius 1 is 1.50 bits per heavy atom. The van der Waals surface area contributed by atoms with Crippen LogP contribution in [0.25, 0.3) is 0 Å². The molecule has 2 bridgehead atoms. The largest absolute Gasteiger partial charge is 0.297 e. The lowest BCUT2D eigenvalue weighted by Crippen LogP contribution is -2.59. The quantitative estimate of drug-likeness (QED) is 0.589. The molecule has 2 nitrogen and oxygen atoms in total. The van der Waals surface area contributed by atoms with Crippen LogP contribution in [0.1, 0.15) is 33.1 Å². The molecule has 0 aromatic carbocycles. The SMILES string of the molecule is CCC12CCN(CC1)C(C)C2=O. The predicted octanol–water partition coefficient (Wildman–Crippen LogP) is 1.45. The maximum Gasteiger partial charge on any atom is 0.155 e. The molecule has 1 unspecified atom stereocenters. The van der Waals surface area contributed by atoms with Crippen LogP contribution >= 0.6 is 0 Å². The number of carbonyl (C=O) groups excluding carboxylic acids is 1. The highest BCUT2D eigenvalue weighted by atomic mass is 16.1. The fraction of sp³-hybridized carbons (Fsp3) is 0.900. The Morgan fingerprint density at radius 3 is 2.50 bits per heavy atom. The van der Waals surface area contributed by atoms with Crippen LogP contribution in [0.3, 0.4) is 0 Å². The van der Waals surface area contributed by atoms with Gasteiger partial charge in [-0.2, -0.15) is 0 Å². The van der Waals surface area contributed by atoms with Crippen LogP contribution in [-0.4, -0.2) is 29.8 Å². The van der Waals surface area contributed by atoms with Crippen molar-refractivity contribution in [1.82, 2.24) is 4.90 Å². The fourth-order valence-corrected chi connectivity index (χ4v) is 2.72. The molecule has 3 rings (SSSR count). The highest BCUT2D eigenvalue weighted by Crippen LogP contribution is 2.42. The summed E-state index contributed by atoms with van der Waals surface area (Å²) in [5.74, 6) is 0.502. The number of hydrogen-bond acceptors (Lipinski definition) is 2. The van der Waals surface area contributed by atoms with Crippen molar-refractivity contribution in [2.75, 3.05) is 13.1 Å². The third-order valence-corrected chi connectivity index (χ3v) is 3.88. The van der Waals surface area contributed by atoms with Crippen LogP contribution in [0, 0.1) is 5.41 Å². The lowest BCUT2D eigenvalue weighted by molar-refractivity contribution is -0.146. The maximum atomic E-state index is 11.9. The Kier molecular flexibility index (Phi) is 1.76. The zero-order valence-corrected chi connectivity index (χ0v) is 7.97. The minimum atomic E-state index is 0.0775. The van der Waals surface area contributed by atoms with Crippen molar-refractivity contribution >= 4 is 5.78 Å². The molecule has 0 aromatic rings. The molecular weight excluding hydrogens is 150 g/mol. The van der Waals surface area contributed by atoms with Crippen LogP contribution in [-0.2, 0) is 4.79 Å². The number of rotatable bonds is 1. The molecule has 0 amide bonds. The lowest BCUT2D eigenvalue weighted by atomic mass is 9.67. The average molecular weight is 167 g/mol. The van der Waals surface area contributed by atoms with Crippen molar-refractivity contribution in [3.63, 3.8) is 0 Å². The monoisotopic (exact) mass is 167 g/mol. The number of carbonyl (C=O) groups is 1. The lowest BCUT2D eigenvalue weighted by Gasteiger charge is -2.50. The zero-order valence-electron chi connectivity index (χ0n) is 7.97. The van der Waals surface area contributed by atoms with Gasteiger partial charge in [0, 0.05) is 5.41 Å². The third-order valence-electron chi connectivity index (χ3n) is 3.88. The van der Waals surface area contributed by atoms with E-state index in [1.54, 1.807) is 0 Å². The number of fused-ring (bicyclic) bond motifs is 3. The summed E-state index contributed by atoms with van der Waals surface area (Å²) in [7, 11) is 0. The van der Waals surface area contributed by atoms with Crippen molar-refractivity contribution in [2.24, 2.45) is 5.41 Å². The van der Waals surface area contributed by atoms with E-state index in [-0.39, 0.29) is 11.5 Å². The van der Waals surface area contributed by atoms with E-state index >= 15 is 0 Å². The summed E-state index contributed by atoms with van der Waals surface area (Å²) in [5, 5.41) is 0. The number of hydrogen-bond donors (Lipinski definition) is 0. The standard InChI is InChI=1S/C10H17NO/c1-3-10-4-6-11(7-5-10)8(2)9(10)12/h8H,3-7H2,1-2H3. The molecule has 3 aliphatic rings. The van der Waals surface area contributed by atoms with Gasteiger partial charge in [-0.3, -0.25) is 9.69 Å². The highest BCUT2D eigenvalue weighted by molar-refractivity contribution is 5.90. The van der Waals surface area contributed by atoms with E-state index in [1.807, 2.05) is 0 Å². The van der Waals surface area contributed by atoms with E-state index in [1.165, 1.54) is 0 Å². The Labute approximate surface area is 73.9 Å². The van der Waals surface area contributed by atoms with E-state index in [0.29, 0.717) is 5.78 Å². The number of Topliss-reactive ketones (excluding diaryl/α,β-unsaturated/α-hetero) is 1. The van der Waals surface area contributed by atoms with Gasteiger partial charge >= 0.3 is 0 Å². The van der Waals surface area contributed by atoms with E-state index in [4.69, 9.17) is 0 Å². The number of ketones is 1. The van der Waals surface area contributed by atoms with Crippen LogP contribution < -0.4 is 0 Å². The Morgan fingerprint density at radius 2 is 2.08 bits per heavy atom. The minimum Gasteiger partial charge on any atom is -0.297 e. The molecule has 1 atom stereocenters. The molecular formula is C10H17NO. The van der Waals surface area contributed by atoms with E-state index in [2.05, 4.69) is 18.7 Å². The van der Waals surface area contributed by atoms with Gasteiger partial charge in [0.15, 0.2) is 5.78 Å². The molecule has 68 valence electrons. The summed E-state index contributed by atoms with van der Waals surface area (Å²) in [6, 6.07) is 0.201. The van der Waals surface area contributed by atoms with Crippen LogP contribution in [0.5, 0.6) is 0 Å². The first-order valence-corrected chi connectivity index (χ1v) is 4.98. The maximum absolute atomic E-state index is 11.9. The Bertz CT molecular complexity index is 204. The molecule has 0 N–H and O–H groups in total. The first-order chi connectivity index (χ1) is 5.69. The second-order valence-corrected chi connectivity index (χ2v) is 4.21. The van der Waals surface area contributed by atoms with Crippen molar-refractivity contribution in [3.8, 4) is 0 Å². The summed E-state index contributed by atoms with van der Waals surface area (Å²) < 4.78 is 0. The van der Waals surface area contributed by atoms with E-state index < -0.39 is 0 Å². The molecule has 0 aliphatic carbocycles. The Balaban J connectivity index is 2.28. The first-order valence-electron chi connectivity index (χ1n) is 4.98. The van der Waals surface area contributed by atoms with Gasteiger partial charge in [-0.25, -0.2) is 0 Å². The van der Waals surface area contributed by atoms with Crippen molar-refractivity contribution < 1.29 is 4.79 Å². The molecule has 3 aliphatic heterocycles. The van der Waals surface area contributed by atoms with Crippen molar-refractivity contribution in [3.05, 3.63) is 0 Å². The van der Waals surface area contributed by atoms with Crippen LogP contribution in [0.4, 0.5) is 0 Å². The summed E-state index contributed by atoms with van der Waals surface area (Å²) in [6.45, 7) is 6.50. The molecule has 0 radical (unpaired) electrons. The molecule has 3 heterocycles. The summed E-state index contributed by atoms with van der Waals surface area (Å²) >= 11 is 0. The average Bonchev–Trinajstić information content (AvgIpc) is 2.14. The molecule has 3 fully saturated rings. The summed E-state index contributed by atoms with van der Waals surface area (Å²) in [5.41, 5.74) is 0.0775. The predicted molar refractivity (Wildman–Crippen MR) is 48.0 cm³/mol. The number of piperidine rings is 3. The van der Waals surface area contributed by atoms with Gasteiger partial charge in [0.25, 0.3) is 0 Å². The van der Waals surface area contributed by atoms with Gasteiger partial charge in [0.1, 0.15) is 0 Å². The van der Waals surface area contributed by atoms with E-state index in [0.717, 1.165) is 32.4 Å². The van der Waals surface area contributed by atoms with Crippen molar-refractivity contribution in [1.29, 1.82) is 0 Å². The van der Waals surface area contributed by atoms with Crippen LogP contribution in [0.15, 0.2) is 0 Å². The highest BCUT2D eigenvalue weighted by Gasteiger charge is 2.48. The molecule has 0 saturated carbocycles. The third kappa shape index (κ3) is 0.875. The summed E-state index contributed by atoms with van der Waals surface area (Å²) in [4.78, 5) is 14.2. The van der Waals surface area contributed by atoms with Gasteiger partial charge in [0.2, 0.25) is 0 Å². The molecule has 0 aromatic heterocycles. The first kappa shape index (κ1) is 8.24. The molecule has 2 heteroatoms. The van der Waals surface area contributed by atoms with Gasteiger partial charge in [-0.1, -0.05) is 6.92 Å². The normalized spacial score (nSPS) is 46.7. The smallest absolute Gasteiger partial charge is 0.155 e. The van der Waals surface area contributed by atoms with Gasteiger partial charge < -0.3 is 0 Å². The van der Waals surface area contributed by atoms with Gasteiger partial charge in [-0.15, -0.1) is 0 Å². The fourth-order valence-electron chi connectivity index (χ4n) is 2.72. The van der Waals surface area contributed by atoms with Gasteiger partial charge in [-0.05, 0) is 39.3 Å². The topological polar surface area (TPSA) is 20.3 Å².